The summed E-state index contributed by atoms with van der Waals surface area (Å²) in [5.74, 6) is 0.210. The summed E-state index contributed by atoms with van der Waals surface area (Å²) in [4.78, 5) is 32.3. The molecule has 1 aliphatic rings. The van der Waals surface area contributed by atoms with Gasteiger partial charge < -0.3 is 9.32 Å². The molecule has 1 aromatic carbocycles. The van der Waals surface area contributed by atoms with Crippen LogP contribution >= 0.6 is 0 Å². The van der Waals surface area contributed by atoms with E-state index in [1.165, 1.54) is 0 Å². The third-order valence-corrected chi connectivity index (χ3v) is 5.02. The first kappa shape index (κ1) is 17.5. The van der Waals surface area contributed by atoms with Gasteiger partial charge in [0, 0.05) is 18.9 Å². The van der Waals surface area contributed by atoms with Gasteiger partial charge in [0.05, 0.1) is 17.0 Å². The van der Waals surface area contributed by atoms with Gasteiger partial charge in [0.2, 0.25) is 5.76 Å². The minimum atomic E-state index is -0.441. The molecule has 0 N–H and O–H groups in total. The zero-order valence-corrected chi connectivity index (χ0v) is 15.7. The molecule has 5 heteroatoms. The van der Waals surface area contributed by atoms with Gasteiger partial charge in [-0.05, 0) is 47.7 Å². The number of rotatable bonds is 4. The van der Waals surface area contributed by atoms with Crippen LogP contribution in [0, 0.1) is 5.92 Å². The Hall–Kier alpha value is -2.95. The Labute approximate surface area is 157 Å². The second kappa shape index (κ2) is 6.65. The summed E-state index contributed by atoms with van der Waals surface area (Å²) in [6.07, 6.45) is 4.20. The normalized spacial score (nSPS) is 16.4. The summed E-state index contributed by atoms with van der Waals surface area (Å²) < 4.78 is 5.95. The summed E-state index contributed by atoms with van der Waals surface area (Å²) in [7, 11) is 0. The number of hydrogen-bond donors (Lipinski definition) is 0. The number of benzene rings is 1. The van der Waals surface area contributed by atoms with Gasteiger partial charge in [0.15, 0.2) is 5.43 Å². The van der Waals surface area contributed by atoms with E-state index in [0.29, 0.717) is 23.1 Å². The molecular weight excluding hydrogens is 340 g/mol. The molecule has 0 fully saturated rings. The Morgan fingerprint density at radius 3 is 2.56 bits per heavy atom. The molecule has 27 heavy (non-hydrogen) atoms. The summed E-state index contributed by atoms with van der Waals surface area (Å²) >= 11 is 0. The second-order valence-electron chi connectivity index (χ2n) is 7.39. The number of hydrogen-bond acceptors (Lipinski definition) is 4. The van der Waals surface area contributed by atoms with Crippen molar-refractivity contribution in [2.75, 3.05) is 6.54 Å². The van der Waals surface area contributed by atoms with E-state index in [0.717, 1.165) is 17.5 Å². The topological polar surface area (TPSA) is 63.4 Å². The monoisotopic (exact) mass is 362 g/mol. The van der Waals surface area contributed by atoms with Crippen molar-refractivity contribution >= 4 is 16.9 Å². The largest absolute Gasteiger partial charge is 0.450 e. The highest BCUT2D eigenvalue weighted by Gasteiger charge is 2.42. The van der Waals surface area contributed by atoms with Crippen LogP contribution in [0.5, 0.6) is 0 Å². The molecule has 2 aromatic heterocycles. The SMILES string of the molecule is CCc1ccc2oc3c(c(=O)c2c1)C(c1ccncc1)N(CC(C)C)C3=O. The molecule has 3 aromatic rings. The van der Waals surface area contributed by atoms with Crippen LogP contribution in [0.2, 0.25) is 0 Å². The maximum absolute atomic E-state index is 13.4. The van der Waals surface area contributed by atoms with Gasteiger partial charge in [-0.3, -0.25) is 14.6 Å². The molecule has 1 unspecified atom stereocenters. The van der Waals surface area contributed by atoms with Crippen molar-refractivity contribution in [1.82, 2.24) is 9.88 Å². The molecule has 4 rings (SSSR count). The number of carbonyl (C=O) groups excluding carboxylic acids is 1. The molecule has 0 bridgehead atoms. The number of carbonyl (C=O) groups is 1. The van der Waals surface area contributed by atoms with Crippen LogP contribution in [-0.2, 0) is 6.42 Å². The third-order valence-electron chi connectivity index (χ3n) is 5.02. The van der Waals surface area contributed by atoms with Crippen LogP contribution in [0.1, 0.15) is 54.1 Å². The predicted molar refractivity (Wildman–Crippen MR) is 104 cm³/mol. The quantitative estimate of drug-likeness (QED) is 0.705. The summed E-state index contributed by atoms with van der Waals surface area (Å²) in [5.41, 5.74) is 2.72. The smallest absolute Gasteiger partial charge is 0.290 e. The standard InChI is InChI=1S/C22H22N2O3/c1-4-14-5-6-17-16(11-14)20(25)18-19(15-7-9-23-10-8-15)24(12-13(2)3)22(26)21(18)27-17/h5-11,13,19H,4,12H2,1-3H3. The van der Waals surface area contributed by atoms with Crippen molar-refractivity contribution in [1.29, 1.82) is 0 Å². The van der Waals surface area contributed by atoms with Gasteiger partial charge in [0.1, 0.15) is 5.58 Å². The first-order chi connectivity index (χ1) is 13.0. The minimum Gasteiger partial charge on any atom is -0.450 e. The number of aryl methyl sites for hydroxylation is 1. The fraction of sp³-hybridized carbons (Fsp3) is 0.318. The predicted octanol–water partition coefficient (Wildman–Crippen LogP) is 3.95. The highest BCUT2D eigenvalue weighted by atomic mass is 16.3. The summed E-state index contributed by atoms with van der Waals surface area (Å²) in [6, 6.07) is 8.86. The van der Waals surface area contributed by atoms with E-state index in [1.54, 1.807) is 23.4 Å². The zero-order chi connectivity index (χ0) is 19.1. The van der Waals surface area contributed by atoms with E-state index in [2.05, 4.69) is 18.8 Å². The molecule has 1 amide bonds. The van der Waals surface area contributed by atoms with Crippen LogP contribution in [0.25, 0.3) is 11.0 Å². The number of amides is 1. The van der Waals surface area contributed by atoms with Gasteiger partial charge in [-0.2, -0.15) is 0 Å². The molecule has 0 saturated carbocycles. The lowest BCUT2D eigenvalue weighted by Crippen LogP contribution is -2.32. The average molecular weight is 362 g/mol. The van der Waals surface area contributed by atoms with Crippen molar-refractivity contribution in [2.24, 2.45) is 5.92 Å². The van der Waals surface area contributed by atoms with E-state index in [4.69, 9.17) is 4.42 Å². The molecule has 0 spiro atoms. The molecule has 0 saturated heterocycles. The highest BCUT2D eigenvalue weighted by molar-refractivity contribution is 5.99. The van der Waals surface area contributed by atoms with Gasteiger partial charge in [-0.25, -0.2) is 0 Å². The van der Waals surface area contributed by atoms with Crippen LogP contribution in [0.15, 0.2) is 51.9 Å². The Balaban J connectivity index is 1.99. The Morgan fingerprint density at radius 2 is 1.89 bits per heavy atom. The lowest BCUT2D eigenvalue weighted by atomic mass is 9.98. The summed E-state index contributed by atoms with van der Waals surface area (Å²) in [5, 5.41) is 0.534. The lowest BCUT2D eigenvalue weighted by molar-refractivity contribution is 0.0706. The van der Waals surface area contributed by atoms with Crippen molar-refractivity contribution in [3.8, 4) is 0 Å². The van der Waals surface area contributed by atoms with Crippen LogP contribution in [-0.4, -0.2) is 22.3 Å². The van der Waals surface area contributed by atoms with Gasteiger partial charge in [0.25, 0.3) is 5.91 Å². The van der Waals surface area contributed by atoms with Crippen molar-refractivity contribution in [3.63, 3.8) is 0 Å². The maximum Gasteiger partial charge on any atom is 0.290 e. The Morgan fingerprint density at radius 1 is 1.15 bits per heavy atom. The first-order valence-corrected chi connectivity index (χ1v) is 9.31. The lowest BCUT2D eigenvalue weighted by Gasteiger charge is -2.26. The Kier molecular flexibility index (Phi) is 4.30. The van der Waals surface area contributed by atoms with E-state index in [1.807, 2.05) is 31.2 Å². The zero-order valence-electron chi connectivity index (χ0n) is 15.7. The molecule has 1 atom stereocenters. The number of pyridine rings is 1. The van der Waals surface area contributed by atoms with Gasteiger partial charge in [-0.15, -0.1) is 0 Å². The minimum absolute atomic E-state index is 0.122. The van der Waals surface area contributed by atoms with Crippen molar-refractivity contribution < 1.29 is 9.21 Å². The summed E-state index contributed by atoms with van der Waals surface area (Å²) in [6.45, 7) is 6.70. The van der Waals surface area contributed by atoms with E-state index < -0.39 is 6.04 Å². The van der Waals surface area contributed by atoms with Crippen LogP contribution in [0.4, 0.5) is 0 Å². The van der Waals surface area contributed by atoms with Crippen molar-refractivity contribution in [3.05, 3.63) is 75.4 Å². The van der Waals surface area contributed by atoms with Crippen LogP contribution in [0.3, 0.4) is 0 Å². The molecule has 0 radical (unpaired) electrons. The van der Waals surface area contributed by atoms with E-state index in [9.17, 15) is 9.59 Å². The van der Waals surface area contributed by atoms with Crippen LogP contribution < -0.4 is 5.43 Å². The molecule has 1 aliphatic heterocycles. The van der Waals surface area contributed by atoms with Gasteiger partial charge in [-0.1, -0.05) is 26.8 Å². The van der Waals surface area contributed by atoms with Crippen molar-refractivity contribution in [2.45, 2.75) is 33.2 Å². The molecule has 138 valence electrons. The molecule has 3 heterocycles. The Bertz CT molecular complexity index is 1070. The highest BCUT2D eigenvalue weighted by Crippen LogP contribution is 2.38. The van der Waals surface area contributed by atoms with Gasteiger partial charge >= 0.3 is 0 Å². The second-order valence-corrected chi connectivity index (χ2v) is 7.39. The number of aromatic nitrogens is 1. The average Bonchev–Trinajstić information content (AvgIpc) is 2.94. The fourth-order valence-corrected chi connectivity index (χ4v) is 3.76. The molecule has 5 nitrogen and oxygen atoms in total. The number of fused-ring (bicyclic) bond motifs is 2. The molecular formula is C22H22N2O3. The number of nitrogens with zero attached hydrogens (tertiary/aromatic N) is 2. The maximum atomic E-state index is 13.4. The fourth-order valence-electron chi connectivity index (χ4n) is 3.76. The molecule has 0 aliphatic carbocycles. The van der Waals surface area contributed by atoms with E-state index in [-0.39, 0.29) is 23.0 Å². The van der Waals surface area contributed by atoms with E-state index >= 15 is 0 Å². The first-order valence-electron chi connectivity index (χ1n) is 9.31. The third kappa shape index (κ3) is 2.83.